The second-order valence-electron chi connectivity index (χ2n) is 4.66. The number of aliphatic hydroxyl groups excluding tert-OH is 1. The predicted octanol–water partition coefficient (Wildman–Crippen LogP) is 4.26. The molecule has 1 aliphatic heterocycles. The van der Waals surface area contributed by atoms with Gasteiger partial charge in [-0.25, -0.2) is 4.39 Å². The third-order valence-electron chi connectivity index (χ3n) is 3.33. The van der Waals surface area contributed by atoms with Crippen LogP contribution in [0.1, 0.15) is 22.8 Å². The first-order valence-corrected chi connectivity index (χ1v) is 7.31. The van der Waals surface area contributed by atoms with Gasteiger partial charge in [-0.1, -0.05) is 33.6 Å². The lowest BCUT2D eigenvalue weighted by molar-refractivity contribution is 0.213. The van der Waals surface area contributed by atoms with Gasteiger partial charge >= 0.3 is 0 Å². The lowest BCUT2D eigenvalue weighted by Crippen LogP contribution is -2.03. The molecule has 2 aromatic rings. The summed E-state index contributed by atoms with van der Waals surface area (Å²) in [5, 5.41) is 10.5. The molecule has 1 N–H and O–H groups in total. The summed E-state index contributed by atoms with van der Waals surface area (Å²) >= 11 is 9.08. The minimum absolute atomic E-state index is 0.0386. The standard InChI is InChI=1S/C15H11BrClFO2/c16-10-5-9-3-4-20-15(9)11(7-10)14(19)8-1-2-12(17)13(18)6-8/h1-2,5-7,14,19H,3-4H2. The van der Waals surface area contributed by atoms with Crippen molar-refractivity contribution in [3.63, 3.8) is 0 Å². The molecule has 1 atom stereocenters. The number of benzene rings is 2. The van der Waals surface area contributed by atoms with Crippen LogP contribution in [0.4, 0.5) is 4.39 Å². The molecule has 104 valence electrons. The molecular formula is C15H11BrClFO2. The second-order valence-corrected chi connectivity index (χ2v) is 5.98. The molecule has 2 nitrogen and oxygen atoms in total. The summed E-state index contributed by atoms with van der Waals surface area (Å²) in [7, 11) is 0. The van der Waals surface area contributed by atoms with Crippen LogP contribution in [0.25, 0.3) is 0 Å². The van der Waals surface area contributed by atoms with E-state index in [1.54, 1.807) is 12.1 Å². The van der Waals surface area contributed by atoms with E-state index >= 15 is 0 Å². The van der Waals surface area contributed by atoms with E-state index in [0.29, 0.717) is 23.5 Å². The molecule has 1 unspecified atom stereocenters. The van der Waals surface area contributed by atoms with E-state index in [-0.39, 0.29) is 5.02 Å². The van der Waals surface area contributed by atoms with Crippen molar-refractivity contribution in [2.45, 2.75) is 12.5 Å². The maximum atomic E-state index is 13.5. The van der Waals surface area contributed by atoms with Crippen LogP contribution in [0.5, 0.6) is 5.75 Å². The molecule has 0 aromatic heterocycles. The predicted molar refractivity (Wildman–Crippen MR) is 78.8 cm³/mol. The molecule has 1 aliphatic rings. The van der Waals surface area contributed by atoms with Crippen LogP contribution < -0.4 is 4.74 Å². The van der Waals surface area contributed by atoms with E-state index in [0.717, 1.165) is 16.5 Å². The Kier molecular flexibility index (Phi) is 3.71. The topological polar surface area (TPSA) is 29.5 Å². The van der Waals surface area contributed by atoms with Crippen molar-refractivity contribution in [1.29, 1.82) is 0 Å². The second kappa shape index (κ2) is 5.35. The monoisotopic (exact) mass is 356 g/mol. The maximum Gasteiger partial charge on any atom is 0.142 e. The van der Waals surface area contributed by atoms with E-state index < -0.39 is 11.9 Å². The van der Waals surface area contributed by atoms with Crippen molar-refractivity contribution < 1.29 is 14.2 Å². The number of aliphatic hydroxyl groups is 1. The first-order valence-electron chi connectivity index (χ1n) is 6.14. The summed E-state index contributed by atoms with van der Waals surface area (Å²) in [5.41, 5.74) is 2.12. The molecule has 0 spiro atoms. The molecule has 0 amide bonds. The Balaban J connectivity index is 2.06. The van der Waals surface area contributed by atoms with Gasteiger partial charge in [-0.3, -0.25) is 0 Å². The highest BCUT2D eigenvalue weighted by Crippen LogP contribution is 2.39. The van der Waals surface area contributed by atoms with Gasteiger partial charge in [-0.15, -0.1) is 0 Å². The zero-order valence-electron chi connectivity index (χ0n) is 10.4. The van der Waals surface area contributed by atoms with Crippen LogP contribution >= 0.6 is 27.5 Å². The van der Waals surface area contributed by atoms with Crippen molar-refractivity contribution >= 4 is 27.5 Å². The van der Waals surface area contributed by atoms with E-state index in [1.807, 2.05) is 6.07 Å². The fourth-order valence-corrected chi connectivity index (χ4v) is 3.00. The average Bonchev–Trinajstić information content (AvgIpc) is 2.88. The van der Waals surface area contributed by atoms with Crippen LogP contribution in [0.2, 0.25) is 5.02 Å². The van der Waals surface area contributed by atoms with Crippen molar-refractivity contribution in [3.05, 3.63) is 62.3 Å². The summed E-state index contributed by atoms with van der Waals surface area (Å²) in [6, 6.07) is 8.06. The van der Waals surface area contributed by atoms with Crippen molar-refractivity contribution in [2.24, 2.45) is 0 Å². The Hall–Kier alpha value is -1.10. The molecule has 2 aromatic carbocycles. The van der Waals surface area contributed by atoms with Crippen LogP contribution in [0.3, 0.4) is 0 Å². The number of hydrogen-bond donors (Lipinski definition) is 1. The van der Waals surface area contributed by atoms with E-state index in [4.69, 9.17) is 16.3 Å². The van der Waals surface area contributed by atoms with E-state index in [9.17, 15) is 9.50 Å². The molecule has 0 radical (unpaired) electrons. The number of ether oxygens (including phenoxy) is 1. The third-order valence-corrected chi connectivity index (χ3v) is 4.10. The summed E-state index contributed by atoms with van der Waals surface area (Å²) in [4.78, 5) is 0. The van der Waals surface area contributed by atoms with Gasteiger partial charge in [0, 0.05) is 16.5 Å². The highest BCUT2D eigenvalue weighted by Gasteiger charge is 2.23. The molecule has 0 aliphatic carbocycles. The molecular weight excluding hydrogens is 347 g/mol. The first-order chi connectivity index (χ1) is 9.56. The Labute approximate surface area is 129 Å². The molecule has 1 heterocycles. The largest absolute Gasteiger partial charge is 0.493 e. The lowest BCUT2D eigenvalue weighted by Gasteiger charge is -2.16. The van der Waals surface area contributed by atoms with Gasteiger partial charge < -0.3 is 9.84 Å². The lowest BCUT2D eigenvalue weighted by atomic mass is 9.98. The number of halogens is 3. The van der Waals surface area contributed by atoms with Crippen LogP contribution in [0, 0.1) is 5.82 Å². The number of rotatable bonds is 2. The molecule has 3 rings (SSSR count). The van der Waals surface area contributed by atoms with Gasteiger partial charge in [0.05, 0.1) is 11.6 Å². The van der Waals surface area contributed by atoms with Gasteiger partial charge in [0.25, 0.3) is 0 Å². The Morgan fingerprint density at radius 3 is 2.85 bits per heavy atom. The summed E-state index contributed by atoms with van der Waals surface area (Å²) in [5.74, 6) is 0.145. The van der Waals surface area contributed by atoms with E-state index in [2.05, 4.69) is 15.9 Å². The molecule has 0 bridgehead atoms. The number of hydrogen-bond acceptors (Lipinski definition) is 2. The molecule has 5 heteroatoms. The maximum absolute atomic E-state index is 13.5. The van der Waals surface area contributed by atoms with Gasteiger partial charge in [-0.05, 0) is 35.4 Å². The van der Waals surface area contributed by atoms with E-state index in [1.165, 1.54) is 12.1 Å². The highest BCUT2D eigenvalue weighted by molar-refractivity contribution is 9.10. The quantitative estimate of drug-likeness (QED) is 0.870. The van der Waals surface area contributed by atoms with Gasteiger partial charge in [0.2, 0.25) is 0 Å². The molecule has 0 saturated heterocycles. The first kappa shape index (κ1) is 13.9. The fraction of sp³-hybridized carbons (Fsp3) is 0.200. The Morgan fingerprint density at radius 1 is 1.30 bits per heavy atom. The summed E-state index contributed by atoms with van der Waals surface area (Å²) < 4.78 is 20.0. The summed E-state index contributed by atoms with van der Waals surface area (Å²) in [6.45, 7) is 0.598. The van der Waals surface area contributed by atoms with Crippen LogP contribution in [0.15, 0.2) is 34.8 Å². The molecule has 20 heavy (non-hydrogen) atoms. The van der Waals surface area contributed by atoms with Crippen molar-refractivity contribution in [3.8, 4) is 5.75 Å². The van der Waals surface area contributed by atoms with Crippen molar-refractivity contribution in [2.75, 3.05) is 6.61 Å². The van der Waals surface area contributed by atoms with Gasteiger partial charge in [0.1, 0.15) is 17.7 Å². The smallest absolute Gasteiger partial charge is 0.142 e. The Morgan fingerprint density at radius 2 is 2.10 bits per heavy atom. The SMILES string of the molecule is OC(c1ccc(Cl)c(F)c1)c1cc(Br)cc2c1OCC2. The normalized spacial score (nSPS) is 14.8. The summed E-state index contributed by atoms with van der Waals surface area (Å²) in [6.07, 6.45) is -0.144. The highest BCUT2D eigenvalue weighted by atomic mass is 79.9. The van der Waals surface area contributed by atoms with Gasteiger partial charge in [-0.2, -0.15) is 0 Å². The van der Waals surface area contributed by atoms with Crippen molar-refractivity contribution in [1.82, 2.24) is 0 Å². The average molecular weight is 358 g/mol. The zero-order chi connectivity index (χ0) is 14.3. The third kappa shape index (κ3) is 2.43. The molecule has 0 saturated carbocycles. The fourth-order valence-electron chi connectivity index (χ4n) is 2.36. The minimum Gasteiger partial charge on any atom is -0.493 e. The zero-order valence-corrected chi connectivity index (χ0v) is 12.7. The molecule has 0 fully saturated rings. The van der Waals surface area contributed by atoms with Crippen LogP contribution in [-0.4, -0.2) is 11.7 Å². The van der Waals surface area contributed by atoms with Crippen LogP contribution in [-0.2, 0) is 6.42 Å². The Bertz CT molecular complexity index is 675. The van der Waals surface area contributed by atoms with Gasteiger partial charge in [0.15, 0.2) is 0 Å². The minimum atomic E-state index is -0.953. The number of fused-ring (bicyclic) bond motifs is 1.